The number of fused-ring (bicyclic) bond motifs is 2. The molecule has 134 valence electrons. The van der Waals surface area contributed by atoms with E-state index in [1.54, 1.807) is 0 Å². The van der Waals surface area contributed by atoms with Gasteiger partial charge in [-0.05, 0) is 30.9 Å². The summed E-state index contributed by atoms with van der Waals surface area (Å²) in [5, 5.41) is 14.9. The summed E-state index contributed by atoms with van der Waals surface area (Å²) >= 11 is 1.50. The highest BCUT2D eigenvalue weighted by atomic mass is 32.2. The van der Waals surface area contributed by atoms with Crippen LogP contribution in [0.3, 0.4) is 0 Å². The molecule has 0 saturated carbocycles. The lowest BCUT2D eigenvalue weighted by atomic mass is 10.1. The van der Waals surface area contributed by atoms with Crippen LogP contribution in [0.5, 0.6) is 0 Å². The number of nitrogens with zero attached hydrogens (tertiary/aromatic N) is 4. The quantitative estimate of drug-likeness (QED) is 0.393. The molecule has 0 unspecified atom stereocenters. The van der Waals surface area contributed by atoms with Crippen molar-refractivity contribution < 1.29 is 0 Å². The first kappa shape index (κ1) is 17.4. The summed E-state index contributed by atoms with van der Waals surface area (Å²) in [5.74, 6) is 0. The Kier molecular flexibility index (Phi) is 4.95. The lowest BCUT2D eigenvalue weighted by Crippen LogP contribution is -2.08. The highest BCUT2D eigenvalue weighted by molar-refractivity contribution is 7.98. The molecule has 0 spiro atoms. The van der Waals surface area contributed by atoms with Crippen LogP contribution in [-0.4, -0.2) is 27.3 Å². The number of rotatable bonds is 6. The van der Waals surface area contributed by atoms with E-state index >= 15 is 0 Å². The zero-order valence-electron chi connectivity index (χ0n) is 15.0. The first-order valence-electron chi connectivity index (χ1n) is 8.82. The van der Waals surface area contributed by atoms with Gasteiger partial charge < -0.3 is 9.88 Å². The van der Waals surface area contributed by atoms with Crippen LogP contribution in [0.25, 0.3) is 21.9 Å². The molecule has 2 heterocycles. The number of nitrogens with one attached hydrogen (secondary N) is 1. The summed E-state index contributed by atoms with van der Waals surface area (Å²) in [6.45, 7) is 1.64. The Morgan fingerprint density at radius 3 is 2.70 bits per heavy atom. The van der Waals surface area contributed by atoms with E-state index in [9.17, 15) is 5.26 Å². The van der Waals surface area contributed by atoms with Crippen LogP contribution in [0.1, 0.15) is 12.0 Å². The molecule has 0 aliphatic heterocycles. The monoisotopic (exact) mass is 373 g/mol. The lowest BCUT2D eigenvalue weighted by Gasteiger charge is -2.14. The van der Waals surface area contributed by atoms with Gasteiger partial charge in [-0.2, -0.15) is 5.26 Å². The first-order chi connectivity index (χ1) is 13.3. The molecule has 0 amide bonds. The van der Waals surface area contributed by atoms with E-state index in [2.05, 4.69) is 32.0 Å². The van der Waals surface area contributed by atoms with Crippen LogP contribution in [0.15, 0.2) is 59.9 Å². The van der Waals surface area contributed by atoms with E-state index in [1.165, 1.54) is 11.8 Å². The number of nitriles is 1. The number of hydrogen-bond donors (Lipinski definition) is 1. The molecule has 0 fully saturated rings. The SMILES string of the molecule is CSc1nc2ccccc2c(NCCCn2cnc3ccccc32)c1C#N. The van der Waals surface area contributed by atoms with Crippen LogP contribution >= 0.6 is 11.8 Å². The van der Waals surface area contributed by atoms with Gasteiger partial charge in [0.25, 0.3) is 0 Å². The Morgan fingerprint density at radius 2 is 1.89 bits per heavy atom. The summed E-state index contributed by atoms with van der Waals surface area (Å²) in [4.78, 5) is 9.05. The van der Waals surface area contributed by atoms with Crippen LogP contribution < -0.4 is 5.32 Å². The smallest absolute Gasteiger partial charge is 0.116 e. The summed E-state index contributed by atoms with van der Waals surface area (Å²) in [7, 11) is 0. The Morgan fingerprint density at radius 1 is 1.11 bits per heavy atom. The van der Waals surface area contributed by atoms with Gasteiger partial charge in [0.15, 0.2) is 0 Å². The maximum atomic E-state index is 9.66. The minimum Gasteiger partial charge on any atom is -0.383 e. The number of anilines is 1. The summed E-state index contributed by atoms with van der Waals surface area (Å²) in [6, 6.07) is 18.4. The maximum absolute atomic E-state index is 9.66. The Bertz CT molecular complexity index is 1140. The highest BCUT2D eigenvalue weighted by Gasteiger charge is 2.14. The van der Waals surface area contributed by atoms with E-state index in [-0.39, 0.29) is 0 Å². The minimum atomic E-state index is 0.620. The van der Waals surface area contributed by atoms with E-state index in [4.69, 9.17) is 0 Å². The number of pyridine rings is 1. The van der Waals surface area contributed by atoms with Gasteiger partial charge in [-0.15, -0.1) is 11.8 Å². The van der Waals surface area contributed by atoms with Crippen molar-refractivity contribution in [3.05, 3.63) is 60.4 Å². The number of thioether (sulfide) groups is 1. The van der Waals surface area contributed by atoms with Crippen molar-refractivity contribution >= 4 is 39.4 Å². The van der Waals surface area contributed by atoms with Gasteiger partial charge in [0, 0.05) is 18.5 Å². The zero-order chi connectivity index (χ0) is 18.6. The van der Waals surface area contributed by atoms with Crippen molar-refractivity contribution in [2.75, 3.05) is 18.1 Å². The minimum absolute atomic E-state index is 0.620. The third-order valence-corrected chi connectivity index (χ3v) is 5.25. The molecule has 6 heteroatoms. The van der Waals surface area contributed by atoms with Gasteiger partial charge in [0.05, 0.1) is 28.6 Å². The molecule has 27 heavy (non-hydrogen) atoms. The second kappa shape index (κ2) is 7.68. The van der Waals surface area contributed by atoms with Crippen molar-refractivity contribution in [2.24, 2.45) is 0 Å². The number of para-hydroxylation sites is 3. The van der Waals surface area contributed by atoms with Crippen LogP contribution in [0.4, 0.5) is 5.69 Å². The largest absolute Gasteiger partial charge is 0.383 e. The second-order valence-electron chi connectivity index (χ2n) is 6.21. The lowest BCUT2D eigenvalue weighted by molar-refractivity contribution is 0.677. The number of aromatic nitrogens is 3. The van der Waals surface area contributed by atoms with Crippen molar-refractivity contribution in [1.82, 2.24) is 14.5 Å². The number of aryl methyl sites for hydroxylation is 1. The summed E-state index contributed by atoms with van der Waals surface area (Å²) in [6.07, 6.45) is 4.77. The molecule has 4 rings (SSSR count). The van der Waals surface area contributed by atoms with Gasteiger partial charge in [0.2, 0.25) is 0 Å². The van der Waals surface area contributed by atoms with Crippen LogP contribution in [0.2, 0.25) is 0 Å². The average molecular weight is 373 g/mol. The van der Waals surface area contributed by atoms with Gasteiger partial charge in [0.1, 0.15) is 16.7 Å². The molecule has 0 bridgehead atoms. The third-order valence-electron chi connectivity index (χ3n) is 4.57. The van der Waals surface area contributed by atoms with E-state index in [1.807, 2.05) is 55.0 Å². The Hall–Kier alpha value is -3.04. The van der Waals surface area contributed by atoms with Gasteiger partial charge in [-0.25, -0.2) is 9.97 Å². The maximum Gasteiger partial charge on any atom is 0.116 e. The Balaban J connectivity index is 1.54. The molecule has 0 aliphatic carbocycles. The molecular formula is C21H19N5S. The van der Waals surface area contributed by atoms with Crippen molar-refractivity contribution in [1.29, 1.82) is 5.26 Å². The Labute approximate surface area is 162 Å². The van der Waals surface area contributed by atoms with Crippen LogP contribution in [-0.2, 0) is 6.54 Å². The van der Waals surface area contributed by atoms with E-state index < -0.39 is 0 Å². The molecule has 0 radical (unpaired) electrons. The predicted molar refractivity (Wildman–Crippen MR) is 111 cm³/mol. The third kappa shape index (κ3) is 3.34. The second-order valence-corrected chi connectivity index (χ2v) is 7.00. The van der Waals surface area contributed by atoms with Gasteiger partial charge in [-0.3, -0.25) is 0 Å². The van der Waals surface area contributed by atoms with Gasteiger partial charge in [-0.1, -0.05) is 30.3 Å². The summed E-state index contributed by atoms with van der Waals surface area (Å²) in [5.41, 5.74) is 4.57. The molecular weight excluding hydrogens is 354 g/mol. The average Bonchev–Trinajstić information content (AvgIpc) is 3.13. The molecule has 1 N–H and O–H groups in total. The van der Waals surface area contributed by atoms with E-state index in [0.29, 0.717) is 5.56 Å². The van der Waals surface area contributed by atoms with Crippen molar-refractivity contribution in [3.8, 4) is 6.07 Å². The molecule has 4 aromatic rings. The molecule has 0 aliphatic rings. The molecule has 0 saturated heterocycles. The fourth-order valence-electron chi connectivity index (χ4n) is 3.28. The van der Waals surface area contributed by atoms with Crippen molar-refractivity contribution in [2.45, 2.75) is 18.0 Å². The molecule has 2 aromatic heterocycles. The standard InChI is InChI=1S/C21H19N5S/c1-27-21-16(13-22)20(15-7-2-3-8-17(15)25-21)23-11-6-12-26-14-24-18-9-4-5-10-19(18)26/h2-5,7-10,14H,6,11-12H2,1H3,(H,23,25). The van der Waals surface area contributed by atoms with Crippen molar-refractivity contribution in [3.63, 3.8) is 0 Å². The summed E-state index contributed by atoms with van der Waals surface area (Å²) < 4.78 is 2.17. The van der Waals surface area contributed by atoms with Crippen LogP contribution in [0, 0.1) is 11.3 Å². The zero-order valence-corrected chi connectivity index (χ0v) is 15.8. The normalized spacial score (nSPS) is 11.0. The number of benzene rings is 2. The fourth-order valence-corrected chi connectivity index (χ4v) is 3.82. The number of imidazole rings is 1. The highest BCUT2D eigenvalue weighted by Crippen LogP contribution is 2.32. The van der Waals surface area contributed by atoms with Gasteiger partial charge >= 0.3 is 0 Å². The molecule has 0 atom stereocenters. The number of hydrogen-bond acceptors (Lipinski definition) is 5. The molecule has 2 aromatic carbocycles. The van der Waals surface area contributed by atoms with E-state index in [0.717, 1.165) is 52.2 Å². The predicted octanol–water partition coefficient (Wildman–Crippen LogP) is 4.68. The fraction of sp³-hybridized carbons (Fsp3) is 0.190. The first-order valence-corrected chi connectivity index (χ1v) is 10.0. The topological polar surface area (TPSA) is 66.5 Å². The molecule has 5 nitrogen and oxygen atoms in total.